The Hall–Kier alpha value is -0.0800. The van der Waals surface area contributed by atoms with Crippen molar-refractivity contribution in [3.63, 3.8) is 0 Å². The van der Waals surface area contributed by atoms with Gasteiger partial charge in [-0.2, -0.15) is 0 Å². The van der Waals surface area contributed by atoms with Crippen LogP contribution >= 0.6 is 0 Å². The molecule has 3 atom stereocenters. The molecule has 0 amide bonds. The van der Waals surface area contributed by atoms with Crippen molar-refractivity contribution in [3.8, 4) is 0 Å². The maximum atomic E-state index is 6.19. The molecule has 1 heterocycles. The summed E-state index contributed by atoms with van der Waals surface area (Å²) in [6.07, 6.45) is 9.60. The smallest absolute Gasteiger partial charge is 0.0362 e. The zero-order chi connectivity index (χ0) is 11.6. The van der Waals surface area contributed by atoms with Crippen LogP contribution in [-0.2, 0) is 0 Å². The second-order valence-electron chi connectivity index (χ2n) is 5.84. The summed E-state index contributed by atoms with van der Waals surface area (Å²) in [5.74, 6) is 0.845. The number of hydrogen-bond acceptors (Lipinski definition) is 2. The topological polar surface area (TPSA) is 29.3 Å². The summed E-state index contributed by atoms with van der Waals surface area (Å²) in [5.41, 5.74) is 6.54. The van der Waals surface area contributed by atoms with E-state index in [-0.39, 0.29) is 0 Å². The van der Waals surface area contributed by atoms with Crippen LogP contribution in [0.5, 0.6) is 0 Å². The van der Waals surface area contributed by atoms with E-state index in [1.54, 1.807) is 0 Å². The maximum Gasteiger partial charge on any atom is 0.0362 e. The highest BCUT2D eigenvalue weighted by Gasteiger charge is 2.46. The highest BCUT2D eigenvalue weighted by Crippen LogP contribution is 2.44. The Labute approximate surface area is 101 Å². The molecule has 0 aromatic carbocycles. The van der Waals surface area contributed by atoms with Gasteiger partial charge in [-0.25, -0.2) is 0 Å². The van der Waals surface area contributed by atoms with Crippen LogP contribution in [0.25, 0.3) is 0 Å². The molecule has 0 spiro atoms. The summed E-state index contributed by atoms with van der Waals surface area (Å²) in [5, 5.41) is 0. The number of nitrogens with two attached hydrogens (primary N) is 1. The fourth-order valence-electron chi connectivity index (χ4n) is 4.24. The Kier molecular flexibility index (Phi) is 3.91. The van der Waals surface area contributed by atoms with Crippen molar-refractivity contribution in [1.29, 1.82) is 0 Å². The predicted molar refractivity (Wildman–Crippen MR) is 69.4 cm³/mol. The molecule has 2 heteroatoms. The second-order valence-corrected chi connectivity index (χ2v) is 5.84. The standard InChI is InChI=1S/C14H28N2/c1-3-13-8-6-9-14(13,11-15)16-10-5-4-7-12(16)2/h12-13H,3-11,15H2,1-2H3. The van der Waals surface area contributed by atoms with Gasteiger partial charge in [-0.05, 0) is 45.1 Å². The largest absolute Gasteiger partial charge is 0.329 e. The third kappa shape index (κ3) is 1.91. The Balaban J connectivity index is 2.18. The lowest BCUT2D eigenvalue weighted by atomic mass is 9.80. The molecule has 3 unspecified atom stereocenters. The minimum absolute atomic E-state index is 0.356. The zero-order valence-electron chi connectivity index (χ0n) is 11.0. The van der Waals surface area contributed by atoms with Gasteiger partial charge in [0.05, 0.1) is 0 Å². The van der Waals surface area contributed by atoms with Crippen LogP contribution in [0.15, 0.2) is 0 Å². The first-order valence-electron chi connectivity index (χ1n) is 7.21. The second kappa shape index (κ2) is 5.05. The van der Waals surface area contributed by atoms with Crippen molar-refractivity contribution in [2.75, 3.05) is 13.1 Å². The molecule has 0 radical (unpaired) electrons. The Morgan fingerprint density at radius 3 is 2.69 bits per heavy atom. The summed E-state index contributed by atoms with van der Waals surface area (Å²) in [4.78, 5) is 2.78. The zero-order valence-corrected chi connectivity index (χ0v) is 11.0. The van der Waals surface area contributed by atoms with Crippen molar-refractivity contribution in [2.24, 2.45) is 11.7 Å². The molecule has 0 aromatic rings. The third-order valence-corrected chi connectivity index (χ3v) is 5.14. The van der Waals surface area contributed by atoms with Gasteiger partial charge in [0, 0.05) is 18.1 Å². The summed E-state index contributed by atoms with van der Waals surface area (Å²) in [7, 11) is 0. The molecule has 16 heavy (non-hydrogen) atoms. The van der Waals surface area contributed by atoms with Crippen LogP contribution in [0.4, 0.5) is 0 Å². The van der Waals surface area contributed by atoms with Gasteiger partial charge in [0.2, 0.25) is 0 Å². The van der Waals surface area contributed by atoms with Gasteiger partial charge in [-0.15, -0.1) is 0 Å². The minimum Gasteiger partial charge on any atom is -0.329 e. The molecular formula is C14H28N2. The van der Waals surface area contributed by atoms with E-state index >= 15 is 0 Å². The van der Waals surface area contributed by atoms with E-state index in [1.807, 2.05) is 0 Å². The highest BCUT2D eigenvalue weighted by molar-refractivity contribution is 5.03. The van der Waals surface area contributed by atoms with Crippen molar-refractivity contribution in [3.05, 3.63) is 0 Å². The maximum absolute atomic E-state index is 6.19. The number of likely N-dealkylation sites (tertiary alicyclic amines) is 1. The molecule has 1 aliphatic heterocycles. The molecule has 2 rings (SSSR count). The van der Waals surface area contributed by atoms with Gasteiger partial charge in [0.25, 0.3) is 0 Å². The molecule has 0 bridgehead atoms. The number of rotatable bonds is 3. The summed E-state index contributed by atoms with van der Waals surface area (Å²) in [6, 6.07) is 0.754. The lowest BCUT2D eigenvalue weighted by molar-refractivity contribution is 0.00190. The first-order chi connectivity index (χ1) is 7.74. The Morgan fingerprint density at radius 2 is 2.06 bits per heavy atom. The molecule has 1 aliphatic carbocycles. The van der Waals surface area contributed by atoms with Crippen LogP contribution in [0.1, 0.15) is 58.8 Å². The quantitative estimate of drug-likeness (QED) is 0.798. The third-order valence-electron chi connectivity index (χ3n) is 5.14. The fourth-order valence-corrected chi connectivity index (χ4v) is 4.24. The van der Waals surface area contributed by atoms with Crippen molar-refractivity contribution < 1.29 is 0 Å². The molecule has 2 N–H and O–H groups in total. The number of piperidine rings is 1. The van der Waals surface area contributed by atoms with E-state index < -0.39 is 0 Å². The number of hydrogen-bond donors (Lipinski definition) is 1. The average Bonchev–Trinajstić information content (AvgIpc) is 2.73. The van der Waals surface area contributed by atoms with E-state index in [9.17, 15) is 0 Å². The Morgan fingerprint density at radius 1 is 1.25 bits per heavy atom. The molecule has 0 aromatic heterocycles. The lowest BCUT2D eigenvalue weighted by Gasteiger charge is -2.50. The van der Waals surface area contributed by atoms with Gasteiger partial charge in [-0.3, -0.25) is 4.90 Å². The van der Waals surface area contributed by atoms with Gasteiger partial charge >= 0.3 is 0 Å². The van der Waals surface area contributed by atoms with Gasteiger partial charge in [-0.1, -0.05) is 26.2 Å². The van der Waals surface area contributed by atoms with E-state index in [0.29, 0.717) is 5.54 Å². The molecule has 94 valence electrons. The first kappa shape index (κ1) is 12.4. The molecule has 2 aliphatic rings. The minimum atomic E-state index is 0.356. The summed E-state index contributed by atoms with van der Waals surface area (Å²) >= 11 is 0. The van der Waals surface area contributed by atoms with Crippen molar-refractivity contribution >= 4 is 0 Å². The van der Waals surface area contributed by atoms with Crippen LogP contribution in [0, 0.1) is 5.92 Å². The lowest BCUT2D eigenvalue weighted by Crippen LogP contribution is -2.60. The fraction of sp³-hybridized carbons (Fsp3) is 1.00. The highest BCUT2D eigenvalue weighted by atomic mass is 15.2. The first-order valence-corrected chi connectivity index (χ1v) is 7.21. The number of nitrogens with zero attached hydrogens (tertiary/aromatic N) is 1. The monoisotopic (exact) mass is 224 g/mol. The summed E-state index contributed by atoms with van der Waals surface area (Å²) in [6.45, 7) is 6.90. The van der Waals surface area contributed by atoms with E-state index in [2.05, 4.69) is 18.7 Å². The van der Waals surface area contributed by atoms with E-state index in [1.165, 1.54) is 51.5 Å². The molecule has 2 nitrogen and oxygen atoms in total. The van der Waals surface area contributed by atoms with Crippen molar-refractivity contribution in [2.45, 2.75) is 70.4 Å². The molecule has 1 saturated carbocycles. The van der Waals surface area contributed by atoms with Crippen molar-refractivity contribution in [1.82, 2.24) is 4.90 Å². The molecule has 2 fully saturated rings. The van der Waals surface area contributed by atoms with E-state index in [4.69, 9.17) is 5.73 Å². The molecule has 1 saturated heterocycles. The Bertz CT molecular complexity index is 229. The summed E-state index contributed by atoms with van der Waals surface area (Å²) < 4.78 is 0. The van der Waals surface area contributed by atoms with Gasteiger partial charge in [0.15, 0.2) is 0 Å². The van der Waals surface area contributed by atoms with Gasteiger partial charge in [0.1, 0.15) is 0 Å². The normalized spacial score (nSPS) is 41.4. The average molecular weight is 224 g/mol. The SMILES string of the molecule is CCC1CCCC1(CN)N1CCCCC1C. The van der Waals surface area contributed by atoms with Crippen LogP contribution in [0.3, 0.4) is 0 Å². The van der Waals surface area contributed by atoms with Crippen LogP contribution in [-0.4, -0.2) is 29.6 Å². The molecular weight excluding hydrogens is 196 g/mol. The van der Waals surface area contributed by atoms with E-state index in [0.717, 1.165) is 18.5 Å². The van der Waals surface area contributed by atoms with Crippen LogP contribution in [0.2, 0.25) is 0 Å². The predicted octanol–water partition coefficient (Wildman–Crippen LogP) is 2.77. The van der Waals surface area contributed by atoms with Gasteiger partial charge < -0.3 is 5.73 Å². The van der Waals surface area contributed by atoms with Crippen LogP contribution < -0.4 is 5.73 Å².